The van der Waals surface area contributed by atoms with Crippen molar-refractivity contribution in [2.24, 2.45) is 5.92 Å². The predicted octanol–water partition coefficient (Wildman–Crippen LogP) is 3.37. The Hall–Kier alpha value is -3.16. The van der Waals surface area contributed by atoms with Gasteiger partial charge in [0.15, 0.2) is 5.69 Å². The largest absolute Gasteiger partial charge is 0.348 e. The standard InChI is InChI=1S/C25H32N6O2/c1-16(2)12-31-21-10-11-29(25(33)20-15-30-13-17(3)8-9-22(30)27-20)14-19(21)23(28-31)24(32)26-18-6-4-5-7-18/h8-9,13,15-16,18H,4-7,10-12,14H2,1-3H3,(H,26,32). The molecule has 174 valence electrons. The minimum Gasteiger partial charge on any atom is -0.348 e. The first-order chi connectivity index (χ1) is 15.9. The van der Waals surface area contributed by atoms with E-state index >= 15 is 0 Å². The minimum absolute atomic E-state index is 0.110. The molecule has 0 spiro atoms. The molecule has 3 aromatic heterocycles. The van der Waals surface area contributed by atoms with E-state index in [9.17, 15) is 9.59 Å². The van der Waals surface area contributed by atoms with Crippen LogP contribution < -0.4 is 5.32 Å². The fourth-order valence-corrected chi connectivity index (χ4v) is 5.04. The number of nitrogens with zero attached hydrogens (tertiary/aromatic N) is 5. The topological polar surface area (TPSA) is 84.5 Å². The van der Waals surface area contributed by atoms with Gasteiger partial charge in [0, 0.05) is 49.2 Å². The number of pyridine rings is 1. The summed E-state index contributed by atoms with van der Waals surface area (Å²) < 4.78 is 3.87. The summed E-state index contributed by atoms with van der Waals surface area (Å²) in [6, 6.07) is 4.13. The van der Waals surface area contributed by atoms with Crippen LogP contribution in [0.4, 0.5) is 0 Å². The number of rotatable bonds is 5. The molecular weight excluding hydrogens is 416 g/mol. The van der Waals surface area contributed by atoms with E-state index in [4.69, 9.17) is 5.10 Å². The van der Waals surface area contributed by atoms with E-state index in [0.717, 1.165) is 54.7 Å². The smallest absolute Gasteiger partial charge is 0.274 e. The minimum atomic E-state index is -0.113. The second-order valence-corrected chi connectivity index (χ2v) is 9.88. The summed E-state index contributed by atoms with van der Waals surface area (Å²) in [6.07, 6.45) is 8.81. The summed E-state index contributed by atoms with van der Waals surface area (Å²) in [6.45, 7) is 8.05. The SMILES string of the molecule is Cc1ccc2nc(C(=O)N3CCc4c(c(C(=O)NC5CCCC5)nn4CC(C)C)C3)cn2c1. The fourth-order valence-electron chi connectivity index (χ4n) is 5.04. The maximum Gasteiger partial charge on any atom is 0.274 e. The molecule has 3 aromatic rings. The summed E-state index contributed by atoms with van der Waals surface area (Å²) in [5, 5.41) is 7.91. The van der Waals surface area contributed by atoms with Crippen LogP contribution >= 0.6 is 0 Å². The van der Waals surface area contributed by atoms with Crippen molar-refractivity contribution < 1.29 is 9.59 Å². The summed E-state index contributed by atoms with van der Waals surface area (Å²) in [5.41, 5.74) is 4.72. The average molecular weight is 449 g/mol. The molecule has 8 nitrogen and oxygen atoms in total. The lowest BCUT2D eigenvalue weighted by Gasteiger charge is -2.27. The van der Waals surface area contributed by atoms with Crippen LogP contribution in [0.2, 0.25) is 0 Å². The van der Waals surface area contributed by atoms with Gasteiger partial charge in [-0.1, -0.05) is 32.8 Å². The van der Waals surface area contributed by atoms with Crippen LogP contribution in [-0.2, 0) is 19.5 Å². The summed E-state index contributed by atoms with van der Waals surface area (Å²) in [7, 11) is 0. The molecule has 2 aliphatic rings. The highest BCUT2D eigenvalue weighted by molar-refractivity contribution is 5.96. The number of carbonyl (C=O) groups is 2. The molecule has 33 heavy (non-hydrogen) atoms. The molecule has 0 atom stereocenters. The van der Waals surface area contributed by atoms with Gasteiger partial charge < -0.3 is 14.6 Å². The first-order valence-electron chi connectivity index (χ1n) is 12.0. The van der Waals surface area contributed by atoms with Crippen molar-refractivity contribution in [3.63, 3.8) is 0 Å². The van der Waals surface area contributed by atoms with Crippen LogP contribution in [0.1, 0.15) is 77.3 Å². The Kier molecular flexibility index (Phi) is 5.68. The molecule has 0 unspecified atom stereocenters. The van der Waals surface area contributed by atoms with Crippen LogP contribution in [0, 0.1) is 12.8 Å². The monoisotopic (exact) mass is 448 g/mol. The highest BCUT2D eigenvalue weighted by Gasteiger charge is 2.32. The number of fused-ring (bicyclic) bond motifs is 2. The number of amides is 2. The van der Waals surface area contributed by atoms with Gasteiger partial charge in [0.05, 0.1) is 6.54 Å². The highest BCUT2D eigenvalue weighted by atomic mass is 16.2. The molecule has 1 aliphatic heterocycles. The Morgan fingerprint density at radius 3 is 2.73 bits per heavy atom. The van der Waals surface area contributed by atoms with E-state index in [2.05, 4.69) is 24.1 Å². The molecule has 8 heteroatoms. The molecule has 1 N–H and O–H groups in total. The van der Waals surface area contributed by atoms with E-state index in [1.165, 1.54) is 0 Å². The Morgan fingerprint density at radius 2 is 1.97 bits per heavy atom. The van der Waals surface area contributed by atoms with E-state index in [0.29, 0.717) is 36.8 Å². The molecule has 1 saturated carbocycles. The number of carbonyl (C=O) groups excluding carboxylic acids is 2. The zero-order chi connectivity index (χ0) is 23.1. The molecule has 5 rings (SSSR count). The molecular formula is C25H32N6O2. The molecule has 1 aliphatic carbocycles. The average Bonchev–Trinajstić information content (AvgIpc) is 3.51. The molecule has 0 radical (unpaired) electrons. The maximum atomic E-state index is 13.3. The lowest BCUT2D eigenvalue weighted by molar-refractivity contribution is 0.0724. The van der Waals surface area contributed by atoms with Gasteiger partial charge in [0.1, 0.15) is 11.3 Å². The second kappa shape index (κ2) is 8.65. The van der Waals surface area contributed by atoms with Gasteiger partial charge in [-0.2, -0.15) is 5.10 Å². The summed E-state index contributed by atoms with van der Waals surface area (Å²) in [5.74, 6) is 0.194. The Balaban J connectivity index is 1.42. The Bertz CT molecular complexity index is 1200. The fraction of sp³-hybridized carbons (Fsp3) is 0.520. The number of aromatic nitrogens is 4. The van der Waals surface area contributed by atoms with Gasteiger partial charge in [0.2, 0.25) is 0 Å². The lowest BCUT2D eigenvalue weighted by atomic mass is 10.0. The lowest BCUT2D eigenvalue weighted by Crippen LogP contribution is -2.38. The Morgan fingerprint density at radius 1 is 1.18 bits per heavy atom. The van der Waals surface area contributed by atoms with Crippen LogP contribution in [0.15, 0.2) is 24.5 Å². The number of nitrogens with one attached hydrogen (secondary N) is 1. The molecule has 0 aromatic carbocycles. The van der Waals surface area contributed by atoms with Crippen LogP contribution in [0.5, 0.6) is 0 Å². The zero-order valence-electron chi connectivity index (χ0n) is 19.7. The van der Waals surface area contributed by atoms with Gasteiger partial charge in [-0.25, -0.2) is 4.98 Å². The molecule has 1 fully saturated rings. The van der Waals surface area contributed by atoms with Crippen molar-refractivity contribution >= 4 is 17.5 Å². The first-order valence-corrected chi connectivity index (χ1v) is 12.0. The third kappa shape index (κ3) is 4.26. The number of hydrogen-bond donors (Lipinski definition) is 1. The van der Waals surface area contributed by atoms with Crippen molar-refractivity contribution in [1.29, 1.82) is 0 Å². The van der Waals surface area contributed by atoms with E-state index in [1.807, 2.05) is 34.3 Å². The zero-order valence-corrected chi connectivity index (χ0v) is 19.7. The van der Waals surface area contributed by atoms with Gasteiger partial charge in [-0.3, -0.25) is 14.3 Å². The first kappa shape index (κ1) is 21.7. The van der Waals surface area contributed by atoms with E-state index < -0.39 is 0 Å². The summed E-state index contributed by atoms with van der Waals surface area (Å²) in [4.78, 5) is 32.8. The Labute approximate surface area is 194 Å². The molecule has 0 saturated heterocycles. The maximum absolute atomic E-state index is 13.3. The molecule has 2 amide bonds. The molecule has 4 heterocycles. The molecule has 0 bridgehead atoms. The van der Waals surface area contributed by atoms with Crippen LogP contribution in [-0.4, -0.2) is 48.5 Å². The second-order valence-electron chi connectivity index (χ2n) is 9.88. The number of hydrogen-bond acceptors (Lipinski definition) is 4. The van der Waals surface area contributed by atoms with Crippen molar-refractivity contribution in [3.05, 3.63) is 52.7 Å². The van der Waals surface area contributed by atoms with Crippen molar-refractivity contribution in [2.45, 2.75) is 72.0 Å². The van der Waals surface area contributed by atoms with Crippen molar-refractivity contribution in [2.75, 3.05) is 6.54 Å². The van der Waals surface area contributed by atoms with Gasteiger partial charge in [-0.05, 0) is 37.3 Å². The third-order valence-electron chi connectivity index (χ3n) is 6.68. The van der Waals surface area contributed by atoms with Gasteiger partial charge >= 0.3 is 0 Å². The van der Waals surface area contributed by atoms with Gasteiger partial charge in [-0.15, -0.1) is 0 Å². The van der Waals surface area contributed by atoms with Crippen LogP contribution in [0.3, 0.4) is 0 Å². The van der Waals surface area contributed by atoms with Crippen LogP contribution in [0.25, 0.3) is 5.65 Å². The van der Waals surface area contributed by atoms with Crippen molar-refractivity contribution in [1.82, 2.24) is 29.4 Å². The van der Waals surface area contributed by atoms with E-state index in [-0.39, 0.29) is 17.9 Å². The summed E-state index contributed by atoms with van der Waals surface area (Å²) >= 11 is 0. The number of imidazole rings is 1. The van der Waals surface area contributed by atoms with Crippen molar-refractivity contribution in [3.8, 4) is 0 Å². The number of aryl methyl sites for hydroxylation is 1. The third-order valence-corrected chi connectivity index (χ3v) is 6.68. The normalized spacial score (nSPS) is 16.5. The predicted molar refractivity (Wildman–Crippen MR) is 125 cm³/mol. The van der Waals surface area contributed by atoms with Gasteiger partial charge in [0.25, 0.3) is 11.8 Å². The van der Waals surface area contributed by atoms with E-state index in [1.54, 1.807) is 11.1 Å². The quantitative estimate of drug-likeness (QED) is 0.649. The highest BCUT2D eigenvalue weighted by Crippen LogP contribution is 2.26.